The number of amides is 1. The predicted octanol–water partition coefficient (Wildman–Crippen LogP) is 1.38. The first kappa shape index (κ1) is 18.2. The molecule has 1 aliphatic rings. The highest BCUT2D eigenvalue weighted by Crippen LogP contribution is 2.34. The van der Waals surface area contributed by atoms with Crippen LogP contribution in [0.2, 0.25) is 0 Å². The summed E-state index contributed by atoms with van der Waals surface area (Å²) < 4.78 is 5.05. The van der Waals surface area contributed by atoms with Gasteiger partial charge in [-0.25, -0.2) is 4.79 Å². The minimum Gasteiger partial charge on any atom is -0.508 e. The number of nitrogens with one attached hydrogen (secondary N) is 1. The molecule has 0 saturated heterocycles. The first-order chi connectivity index (χ1) is 12.9. The van der Waals surface area contributed by atoms with Crippen molar-refractivity contribution in [2.24, 2.45) is 0 Å². The number of nitrogens with zero attached hydrogens (tertiary/aromatic N) is 2. The number of ether oxygens (including phenoxy) is 1. The zero-order chi connectivity index (χ0) is 19.4. The monoisotopic (exact) mass is 371 g/mol. The maximum absolute atomic E-state index is 12.2. The molecule has 27 heavy (non-hydrogen) atoms. The summed E-state index contributed by atoms with van der Waals surface area (Å²) in [6.07, 6.45) is 0.594. The van der Waals surface area contributed by atoms with Gasteiger partial charge in [-0.3, -0.25) is 14.9 Å². The number of benzene rings is 2. The molecule has 1 heterocycles. The Morgan fingerprint density at radius 1 is 1.26 bits per heavy atom. The van der Waals surface area contributed by atoms with Gasteiger partial charge in [0.05, 0.1) is 23.2 Å². The van der Waals surface area contributed by atoms with Gasteiger partial charge in [0.15, 0.2) is 5.75 Å². The van der Waals surface area contributed by atoms with E-state index in [9.17, 15) is 24.8 Å². The molecular weight excluding hydrogens is 354 g/mol. The Kier molecular flexibility index (Phi) is 5.20. The zero-order valence-electron chi connectivity index (χ0n) is 14.3. The van der Waals surface area contributed by atoms with E-state index in [2.05, 4.69) is 5.32 Å². The van der Waals surface area contributed by atoms with Gasteiger partial charge in [-0.1, -0.05) is 12.1 Å². The maximum Gasteiger partial charge on any atom is 0.331 e. The van der Waals surface area contributed by atoms with Crippen LogP contribution in [0.3, 0.4) is 0 Å². The van der Waals surface area contributed by atoms with Crippen molar-refractivity contribution in [2.45, 2.75) is 6.42 Å². The molecule has 1 aliphatic heterocycles. The fraction of sp³-hybridized carbons (Fsp3) is 0.222. The molecule has 0 unspecified atom stereocenters. The van der Waals surface area contributed by atoms with Gasteiger partial charge in [-0.05, 0) is 30.2 Å². The lowest BCUT2D eigenvalue weighted by Crippen LogP contribution is -2.43. The summed E-state index contributed by atoms with van der Waals surface area (Å²) >= 11 is 0. The Labute approximate surface area is 154 Å². The summed E-state index contributed by atoms with van der Waals surface area (Å²) in [5, 5.41) is 22.9. The van der Waals surface area contributed by atoms with Gasteiger partial charge in [0.25, 0.3) is 5.69 Å². The van der Waals surface area contributed by atoms with Gasteiger partial charge in [-0.2, -0.15) is 0 Å². The first-order valence-corrected chi connectivity index (χ1v) is 8.21. The van der Waals surface area contributed by atoms with E-state index in [0.717, 1.165) is 5.56 Å². The number of hydrogen-bond donors (Lipinski definition) is 2. The van der Waals surface area contributed by atoms with Crippen LogP contribution in [0.4, 0.5) is 11.4 Å². The molecule has 1 amide bonds. The molecule has 0 fully saturated rings. The summed E-state index contributed by atoms with van der Waals surface area (Å²) in [4.78, 5) is 35.7. The van der Waals surface area contributed by atoms with Crippen LogP contribution in [0.5, 0.6) is 11.5 Å². The lowest BCUT2D eigenvalue weighted by Gasteiger charge is -2.28. The van der Waals surface area contributed by atoms with Gasteiger partial charge >= 0.3 is 5.97 Å². The SMILES string of the molecule is O=C(CN1CC(=O)Oc2cc([N+](=O)[O-])ccc21)NCCc1ccc(O)cc1. The zero-order valence-corrected chi connectivity index (χ0v) is 14.3. The van der Waals surface area contributed by atoms with Crippen molar-refractivity contribution >= 4 is 23.3 Å². The van der Waals surface area contributed by atoms with E-state index in [-0.39, 0.29) is 36.2 Å². The van der Waals surface area contributed by atoms with E-state index in [1.807, 2.05) is 0 Å². The third kappa shape index (κ3) is 4.51. The molecular formula is C18H17N3O6. The first-order valence-electron chi connectivity index (χ1n) is 8.21. The molecule has 2 N–H and O–H groups in total. The van der Waals surface area contributed by atoms with Crippen molar-refractivity contribution in [3.8, 4) is 11.5 Å². The smallest absolute Gasteiger partial charge is 0.331 e. The number of phenolic OH excluding ortho intramolecular Hbond substituents is 1. The lowest BCUT2D eigenvalue weighted by atomic mass is 10.1. The number of phenols is 1. The molecule has 0 atom stereocenters. The maximum atomic E-state index is 12.2. The van der Waals surface area contributed by atoms with Crippen molar-refractivity contribution in [1.82, 2.24) is 5.32 Å². The number of nitro benzene ring substituents is 1. The second kappa shape index (κ2) is 7.73. The molecule has 0 aromatic heterocycles. The minimum absolute atomic E-state index is 0.0670. The van der Waals surface area contributed by atoms with Gasteiger partial charge in [0, 0.05) is 12.6 Å². The third-order valence-corrected chi connectivity index (χ3v) is 4.05. The van der Waals surface area contributed by atoms with Crippen molar-refractivity contribution in [2.75, 3.05) is 24.5 Å². The number of aromatic hydroxyl groups is 1. The predicted molar refractivity (Wildman–Crippen MR) is 95.8 cm³/mol. The number of non-ortho nitro benzene ring substituents is 1. The molecule has 3 rings (SSSR count). The molecule has 0 radical (unpaired) electrons. The minimum atomic E-state index is -0.583. The average Bonchev–Trinajstić information content (AvgIpc) is 2.62. The molecule has 2 aromatic carbocycles. The summed E-state index contributed by atoms with van der Waals surface area (Å²) in [6, 6.07) is 10.6. The number of carbonyl (C=O) groups excluding carboxylic acids is 2. The van der Waals surface area contributed by atoms with Crippen molar-refractivity contribution in [3.05, 3.63) is 58.1 Å². The number of anilines is 1. The van der Waals surface area contributed by atoms with Crippen LogP contribution in [0.15, 0.2) is 42.5 Å². The second-order valence-electron chi connectivity index (χ2n) is 6.01. The van der Waals surface area contributed by atoms with E-state index in [0.29, 0.717) is 18.7 Å². The highest BCUT2D eigenvalue weighted by atomic mass is 16.6. The number of esters is 1. The second-order valence-corrected chi connectivity index (χ2v) is 6.01. The molecule has 9 nitrogen and oxygen atoms in total. The van der Waals surface area contributed by atoms with Crippen molar-refractivity contribution in [1.29, 1.82) is 0 Å². The molecule has 140 valence electrons. The number of carbonyl (C=O) groups is 2. The van der Waals surface area contributed by atoms with Crippen LogP contribution >= 0.6 is 0 Å². The summed E-state index contributed by atoms with van der Waals surface area (Å²) in [5.74, 6) is -0.622. The molecule has 2 aromatic rings. The molecule has 0 spiro atoms. The van der Waals surface area contributed by atoms with E-state index in [1.165, 1.54) is 23.1 Å². The largest absolute Gasteiger partial charge is 0.508 e. The van der Waals surface area contributed by atoms with Crippen LogP contribution in [0.1, 0.15) is 5.56 Å². The fourth-order valence-corrected chi connectivity index (χ4v) is 2.73. The Bertz CT molecular complexity index is 881. The van der Waals surface area contributed by atoms with Gasteiger partial charge < -0.3 is 20.1 Å². The number of fused-ring (bicyclic) bond motifs is 1. The quantitative estimate of drug-likeness (QED) is 0.340. The van der Waals surface area contributed by atoms with Crippen LogP contribution in [-0.4, -0.2) is 41.5 Å². The van der Waals surface area contributed by atoms with Crippen molar-refractivity contribution in [3.63, 3.8) is 0 Å². The standard InChI is InChI=1S/C18H17N3O6/c22-14-4-1-12(2-5-14)7-8-19-17(23)10-20-11-18(24)27-16-9-13(21(25)26)3-6-15(16)20/h1-6,9,22H,7-8,10-11H2,(H,19,23). The third-order valence-electron chi connectivity index (χ3n) is 4.05. The highest BCUT2D eigenvalue weighted by molar-refractivity contribution is 5.89. The van der Waals surface area contributed by atoms with Crippen LogP contribution in [0, 0.1) is 10.1 Å². The lowest BCUT2D eigenvalue weighted by molar-refractivity contribution is -0.384. The Morgan fingerprint density at radius 3 is 2.70 bits per heavy atom. The Morgan fingerprint density at radius 2 is 2.00 bits per heavy atom. The van der Waals surface area contributed by atoms with Crippen LogP contribution in [-0.2, 0) is 16.0 Å². The number of nitro groups is 1. The molecule has 9 heteroatoms. The molecule has 0 aliphatic carbocycles. The van der Waals surface area contributed by atoms with E-state index >= 15 is 0 Å². The van der Waals surface area contributed by atoms with Crippen LogP contribution in [0.25, 0.3) is 0 Å². The van der Waals surface area contributed by atoms with E-state index in [4.69, 9.17) is 4.74 Å². The van der Waals surface area contributed by atoms with Crippen molar-refractivity contribution < 1.29 is 24.4 Å². The average molecular weight is 371 g/mol. The molecule has 0 bridgehead atoms. The van der Waals surface area contributed by atoms with E-state index in [1.54, 1.807) is 24.3 Å². The summed E-state index contributed by atoms with van der Waals surface area (Å²) in [6.45, 7) is 0.209. The Balaban J connectivity index is 1.60. The van der Waals surface area contributed by atoms with Gasteiger partial charge in [-0.15, -0.1) is 0 Å². The Hall–Kier alpha value is -3.62. The van der Waals surface area contributed by atoms with Gasteiger partial charge in [0.1, 0.15) is 12.3 Å². The normalized spacial score (nSPS) is 12.9. The fourth-order valence-electron chi connectivity index (χ4n) is 2.73. The summed E-state index contributed by atoms with van der Waals surface area (Å²) in [5.41, 5.74) is 1.22. The van der Waals surface area contributed by atoms with Crippen LogP contribution < -0.4 is 15.0 Å². The topological polar surface area (TPSA) is 122 Å². The number of rotatable bonds is 6. The number of hydrogen-bond acceptors (Lipinski definition) is 7. The molecule has 0 saturated carbocycles. The summed E-state index contributed by atoms with van der Waals surface area (Å²) in [7, 11) is 0. The van der Waals surface area contributed by atoms with Gasteiger partial charge in [0.2, 0.25) is 5.91 Å². The van der Waals surface area contributed by atoms with E-state index < -0.39 is 10.9 Å². The highest BCUT2D eigenvalue weighted by Gasteiger charge is 2.27.